The number of para-hydroxylation sites is 2. The van der Waals surface area contributed by atoms with E-state index in [9.17, 15) is 18.4 Å². The maximum atomic E-state index is 14.2. The maximum absolute atomic E-state index is 14.2. The summed E-state index contributed by atoms with van der Waals surface area (Å²) in [6.07, 6.45) is -2.66. The number of fused-ring (bicyclic) bond motifs is 1. The molecule has 1 aliphatic carbocycles. The summed E-state index contributed by atoms with van der Waals surface area (Å²) in [6, 6.07) is 39.3. The van der Waals surface area contributed by atoms with Crippen LogP contribution in [0.5, 0.6) is 11.5 Å². The average Bonchev–Trinajstić information content (AvgIpc) is 3.84. The van der Waals surface area contributed by atoms with Gasteiger partial charge in [-0.15, -0.1) is 11.8 Å². The van der Waals surface area contributed by atoms with Crippen molar-refractivity contribution in [1.82, 2.24) is 0 Å². The van der Waals surface area contributed by atoms with Gasteiger partial charge in [-0.05, 0) is 85.6 Å². The SMILES string of the molecule is CCCCOc1ccccc1SC1=C(C#N)C2(Sc3cccc(Cl)c3)SC2(Sc2cccc(C(F)(F)F)c2)C(Sc2ccccc2C)=C1Sc1ccccc1OC. The number of halogens is 4. The molecule has 0 spiro atoms. The van der Waals surface area contributed by atoms with E-state index in [2.05, 4.69) is 32.0 Å². The van der Waals surface area contributed by atoms with Crippen LogP contribution in [-0.4, -0.2) is 21.9 Å². The molecule has 57 heavy (non-hydrogen) atoms. The normalized spacial score (nSPS) is 18.9. The lowest BCUT2D eigenvalue weighted by Crippen LogP contribution is -2.29. The minimum Gasteiger partial charge on any atom is -0.496 e. The van der Waals surface area contributed by atoms with Crippen molar-refractivity contribution in [3.05, 3.63) is 158 Å². The third-order valence-corrected chi connectivity index (χ3v) is 18.8. The predicted molar refractivity (Wildman–Crippen MR) is 236 cm³/mol. The minimum absolute atomic E-state index is 0.443. The van der Waals surface area contributed by atoms with Gasteiger partial charge in [0.25, 0.3) is 0 Å². The highest BCUT2D eigenvalue weighted by Gasteiger charge is 2.77. The Kier molecular flexibility index (Phi) is 13.3. The molecule has 5 aromatic carbocycles. The number of alkyl halides is 3. The van der Waals surface area contributed by atoms with E-state index in [4.69, 9.17) is 21.1 Å². The highest BCUT2D eigenvalue weighted by Crippen LogP contribution is 2.86. The lowest BCUT2D eigenvalue weighted by Gasteiger charge is -2.33. The molecule has 1 fully saturated rings. The first kappa shape index (κ1) is 42.0. The largest absolute Gasteiger partial charge is 0.496 e. The fourth-order valence-corrected chi connectivity index (χ4v) is 16.6. The van der Waals surface area contributed by atoms with Gasteiger partial charge in [0, 0.05) is 34.4 Å². The van der Waals surface area contributed by atoms with Crippen molar-refractivity contribution in [2.45, 2.75) is 65.5 Å². The maximum Gasteiger partial charge on any atom is 0.416 e. The van der Waals surface area contributed by atoms with E-state index in [1.54, 1.807) is 42.8 Å². The smallest absolute Gasteiger partial charge is 0.416 e. The number of thioether (sulfide) groups is 6. The molecule has 5 aromatic rings. The highest BCUT2D eigenvalue weighted by atomic mass is 35.5. The summed E-state index contributed by atoms with van der Waals surface area (Å²) in [5, 5.41) is 12.0. The van der Waals surface area contributed by atoms with Crippen LogP contribution < -0.4 is 9.47 Å². The molecule has 2 atom stereocenters. The number of unbranched alkanes of at least 4 members (excludes halogenated alkanes) is 1. The number of nitrogens with zero attached hydrogens (tertiary/aromatic N) is 1. The quantitative estimate of drug-likeness (QED) is 0.0755. The minimum atomic E-state index is -4.53. The number of hydrogen-bond acceptors (Lipinski definition) is 9. The van der Waals surface area contributed by atoms with Crippen molar-refractivity contribution in [1.29, 1.82) is 5.26 Å². The van der Waals surface area contributed by atoms with E-state index in [0.717, 1.165) is 58.8 Å². The van der Waals surface area contributed by atoms with Gasteiger partial charge in [0.15, 0.2) is 0 Å². The van der Waals surface area contributed by atoms with Crippen LogP contribution in [0, 0.1) is 18.3 Å². The summed E-state index contributed by atoms with van der Waals surface area (Å²) in [5.74, 6) is 1.38. The van der Waals surface area contributed by atoms with Crippen molar-refractivity contribution < 1.29 is 22.6 Å². The Labute approximate surface area is 362 Å². The number of rotatable bonds is 15. The molecule has 3 nitrogen and oxygen atoms in total. The van der Waals surface area contributed by atoms with Gasteiger partial charge in [-0.3, -0.25) is 0 Å². The molecule has 2 unspecified atom stereocenters. The molecule has 13 heteroatoms. The number of aryl methyl sites for hydroxylation is 1. The Morgan fingerprint density at radius 3 is 2.02 bits per heavy atom. The standard InChI is InChI=1S/C44H35ClF3NO2S6/c1-4-5-24-51-35-20-8-11-23-38(35)52-39-33(27-49)42(55-32-18-13-16-30(45)26-32)43(57-42,56-31-17-12-15-29(25-31)44(46,47)48)41(54-36-21-9-6-14-28(36)2)40(39)53-37-22-10-7-19-34(37)50-3/h6-23,25-26H,4-5,24H2,1-3H3. The number of ether oxygens (including phenoxy) is 2. The first-order chi connectivity index (χ1) is 27.5. The second-order valence-corrected chi connectivity index (χ2v) is 21.0. The van der Waals surface area contributed by atoms with Crippen molar-refractivity contribution >= 4 is 82.2 Å². The molecule has 1 aliphatic heterocycles. The van der Waals surface area contributed by atoms with Crippen LogP contribution in [0.1, 0.15) is 30.9 Å². The van der Waals surface area contributed by atoms with Crippen LogP contribution in [0.2, 0.25) is 5.02 Å². The van der Waals surface area contributed by atoms with E-state index >= 15 is 0 Å². The predicted octanol–water partition coefficient (Wildman–Crippen LogP) is 15.3. The Morgan fingerprint density at radius 1 is 0.737 bits per heavy atom. The highest BCUT2D eigenvalue weighted by molar-refractivity contribution is 8.36. The molecule has 0 saturated carbocycles. The van der Waals surface area contributed by atoms with Gasteiger partial charge in [-0.25, -0.2) is 0 Å². The van der Waals surface area contributed by atoms with Crippen LogP contribution in [0.4, 0.5) is 13.2 Å². The van der Waals surface area contributed by atoms with Gasteiger partial charge in [0.2, 0.25) is 0 Å². The molecular weight excluding hydrogens is 859 g/mol. The van der Waals surface area contributed by atoms with E-state index in [1.165, 1.54) is 59.2 Å². The molecule has 292 valence electrons. The second kappa shape index (κ2) is 18.0. The molecule has 7 rings (SSSR count). The van der Waals surface area contributed by atoms with E-state index < -0.39 is 19.9 Å². The van der Waals surface area contributed by atoms with Crippen LogP contribution >= 0.6 is 82.2 Å². The van der Waals surface area contributed by atoms with Gasteiger partial charge in [0.05, 0.1) is 40.7 Å². The molecule has 2 aliphatic rings. The van der Waals surface area contributed by atoms with E-state index in [1.807, 2.05) is 78.9 Å². The molecule has 1 saturated heterocycles. The number of benzene rings is 5. The average molecular weight is 895 g/mol. The van der Waals surface area contributed by atoms with Crippen LogP contribution in [0.25, 0.3) is 0 Å². The van der Waals surface area contributed by atoms with E-state index in [-0.39, 0.29) is 0 Å². The van der Waals surface area contributed by atoms with Crippen LogP contribution in [0.3, 0.4) is 0 Å². The summed E-state index contributed by atoms with van der Waals surface area (Å²) < 4.78 is 52.9. The van der Waals surface area contributed by atoms with E-state index in [0.29, 0.717) is 33.6 Å². The monoisotopic (exact) mass is 893 g/mol. The fourth-order valence-electron chi connectivity index (χ4n) is 6.09. The Bertz CT molecular complexity index is 2400. The van der Waals surface area contributed by atoms with Gasteiger partial charge in [-0.1, -0.05) is 138 Å². The zero-order valence-electron chi connectivity index (χ0n) is 30.9. The van der Waals surface area contributed by atoms with Crippen molar-refractivity contribution in [2.75, 3.05) is 13.7 Å². The Balaban J connectivity index is 1.52. The van der Waals surface area contributed by atoms with Crippen LogP contribution in [-0.2, 0) is 6.18 Å². The third kappa shape index (κ3) is 8.91. The van der Waals surface area contributed by atoms with Crippen molar-refractivity contribution in [3.63, 3.8) is 0 Å². The summed E-state index contributed by atoms with van der Waals surface area (Å²) in [5.41, 5.74) is 0.830. The molecule has 0 bridgehead atoms. The lowest BCUT2D eigenvalue weighted by atomic mass is 10.0. The molecule has 0 amide bonds. The molecule has 1 heterocycles. The second-order valence-electron chi connectivity index (χ2n) is 12.9. The topological polar surface area (TPSA) is 42.2 Å². The summed E-state index contributed by atoms with van der Waals surface area (Å²) in [4.78, 5) is 6.45. The zero-order valence-corrected chi connectivity index (χ0v) is 36.5. The third-order valence-electron chi connectivity index (χ3n) is 8.94. The summed E-state index contributed by atoms with van der Waals surface area (Å²) in [6.45, 7) is 4.71. The Morgan fingerprint density at radius 2 is 1.35 bits per heavy atom. The molecule has 0 radical (unpaired) electrons. The lowest BCUT2D eigenvalue weighted by molar-refractivity contribution is -0.137. The van der Waals surface area contributed by atoms with Gasteiger partial charge < -0.3 is 9.47 Å². The summed E-state index contributed by atoms with van der Waals surface area (Å²) >= 11 is 15.6. The van der Waals surface area contributed by atoms with Crippen molar-refractivity contribution in [2.24, 2.45) is 0 Å². The van der Waals surface area contributed by atoms with Gasteiger partial charge in [-0.2, -0.15) is 18.4 Å². The fraction of sp³-hybridized carbons (Fsp3) is 0.205. The first-order valence-electron chi connectivity index (χ1n) is 17.9. The summed E-state index contributed by atoms with van der Waals surface area (Å²) in [7, 11) is 1.63. The zero-order chi connectivity index (χ0) is 40.2. The number of nitriles is 1. The molecule has 0 N–H and O–H groups in total. The first-order valence-corrected chi connectivity index (χ1v) is 23.1. The van der Waals surface area contributed by atoms with Gasteiger partial charge >= 0.3 is 6.18 Å². The molecule has 0 aromatic heterocycles. The van der Waals surface area contributed by atoms with Crippen LogP contribution in [0.15, 0.2) is 166 Å². The molecular formula is C44H35ClF3NO2S6. The van der Waals surface area contributed by atoms with Crippen molar-refractivity contribution in [3.8, 4) is 17.6 Å². The number of methoxy groups -OCH3 is 1. The van der Waals surface area contributed by atoms with Gasteiger partial charge in [0.1, 0.15) is 19.7 Å². The Hall–Kier alpha value is -3.15. The number of hydrogen-bond donors (Lipinski definition) is 0.